The summed E-state index contributed by atoms with van der Waals surface area (Å²) in [5.41, 5.74) is 2.84. The number of fused-ring (bicyclic) bond motifs is 1. The van der Waals surface area contributed by atoms with Gasteiger partial charge in [0.1, 0.15) is 0 Å². The summed E-state index contributed by atoms with van der Waals surface area (Å²) in [6.45, 7) is 1.03. The molecule has 0 saturated heterocycles. The second-order valence-corrected chi connectivity index (χ2v) is 4.00. The smallest absolute Gasteiger partial charge is 0.0944 e. The molecule has 0 aliphatic carbocycles. The minimum absolute atomic E-state index is 0.935. The van der Waals surface area contributed by atoms with E-state index in [-0.39, 0.29) is 0 Å². The van der Waals surface area contributed by atoms with Crippen molar-refractivity contribution in [2.45, 2.75) is 0 Å². The molecule has 2 N–H and O–H groups in total. The van der Waals surface area contributed by atoms with E-state index in [1.165, 1.54) is 10.5 Å². The summed E-state index contributed by atoms with van der Waals surface area (Å²) < 4.78 is 0. The number of rotatable bonds is 0. The van der Waals surface area contributed by atoms with E-state index in [9.17, 15) is 0 Å². The third kappa shape index (κ3) is 2.73. The predicted octanol–water partition coefficient (Wildman–Crippen LogP) is 1.51. The Hall–Kier alpha value is -1.49. The highest BCUT2D eigenvalue weighted by Gasteiger charge is 1.93. The van der Waals surface area contributed by atoms with Crippen molar-refractivity contribution >= 4 is 28.2 Å². The Morgan fingerprint density at radius 3 is 2.80 bits per heavy atom. The van der Waals surface area contributed by atoms with Crippen LogP contribution in [0, 0.1) is 0 Å². The first-order valence-electron chi connectivity index (χ1n) is 4.65. The Kier molecular flexibility index (Phi) is 3.24. The van der Waals surface area contributed by atoms with E-state index in [0.717, 1.165) is 17.4 Å². The second-order valence-electron chi connectivity index (χ2n) is 3.05. The fourth-order valence-electron chi connectivity index (χ4n) is 1.25. The van der Waals surface area contributed by atoms with Gasteiger partial charge in [-0.15, -0.1) is 11.8 Å². The van der Waals surface area contributed by atoms with Crippen LogP contribution in [0.5, 0.6) is 0 Å². The molecule has 4 nitrogen and oxygen atoms in total. The van der Waals surface area contributed by atoms with Crippen LogP contribution in [0.25, 0.3) is 10.9 Å². The van der Waals surface area contributed by atoms with E-state index in [0.29, 0.717) is 0 Å². The first kappa shape index (κ1) is 10.0. The molecule has 0 bridgehead atoms. The van der Waals surface area contributed by atoms with E-state index >= 15 is 0 Å². The number of benzene rings is 1. The average molecular weight is 220 g/mol. The summed E-state index contributed by atoms with van der Waals surface area (Å²) in [6, 6.07) is 7.81. The van der Waals surface area contributed by atoms with Crippen molar-refractivity contribution in [1.82, 2.24) is 9.89 Å². The molecule has 78 valence electrons. The zero-order valence-electron chi connectivity index (χ0n) is 8.21. The van der Waals surface area contributed by atoms with Crippen molar-refractivity contribution in [3.05, 3.63) is 30.5 Å². The van der Waals surface area contributed by atoms with Gasteiger partial charge in [0.2, 0.25) is 0 Å². The SMILES string of the molecule is C1=NCCS1.Nn1cc2ccccc2n1. The number of hydrogen-bond donors (Lipinski definition) is 1. The minimum Gasteiger partial charge on any atom is -0.323 e. The van der Waals surface area contributed by atoms with Gasteiger partial charge in [-0.3, -0.25) is 4.99 Å². The van der Waals surface area contributed by atoms with Crippen molar-refractivity contribution in [3.8, 4) is 0 Å². The number of aliphatic imine (C=N–C) groups is 1. The average Bonchev–Trinajstić information content (AvgIpc) is 2.87. The Bertz CT molecular complexity index is 424. The summed E-state index contributed by atoms with van der Waals surface area (Å²) in [4.78, 5) is 5.25. The number of nitrogen functional groups attached to an aromatic ring is 1. The maximum Gasteiger partial charge on any atom is 0.0944 e. The van der Waals surface area contributed by atoms with Gasteiger partial charge in [-0.05, 0) is 6.07 Å². The number of thioether (sulfide) groups is 1. The van der Waals surface area contributed by atoms with Crippen molar-refractivity contribution in [2.24, 2.45) is 4.99 Å². The first-order chi connectivity index (χ1) is 7.36. The van der Waals surface area contributed by atoms with Gasteiger partial charge in [0, 0.05) is 17.7 Å². The maximum atomic E-state index is 5.40. The van der Waals surface area contributed by atoms with Crippen LogP contribution in [0.4, 0.5) is 0 Å². The van der Waals surface area contributed by atoms with E-state index in [4.69, 9.17) is 5.84 Å². The lowest BCUT2D eigenvalue weighted by atomic mass is 10.3. The molecule has 1 aliphatic heterocycles. The van der Waals surface area contributed by atoms with Gasteiger partial charge in [-0.2, -0.15) is 9.89 Å². The van der Waals surface area contributed by atoms with Crippen LogP contribution in [-0.2, 0) is 0 Å². The van der Waals surface area contributed by atoms with Crippen LogP contribution < -0.4 is 5.84 Å². The molecular weight excluding hydrogens is 208 g/mol. The summed E-state index contributed by atoms with van der Waals surface area (Å²) >= 11 is 1.78. The molecule has 0 unspecified atom stereocenters. The standard InChI is InChI=1S/C7H7N3.C3H5NS/c8-10-5-6-3-1-2-4-7(6)9-10;1-2-5-3-4-1/h1-5H,8H2;3H,1-2H2. The topological polar surface area (TPSA) is 56.2 Å². The fraction of sp³-hybridized carbons (Fsp3) is 0.200. The lowest BCUT2D eigenvalue weighted by molar-refractivity contribution is 0.846. The second kappa shape index (κ2) is 4.84. The first-order valence-corrected chi connectivity index (χ1v) is 5.70. The van der Waals surface area contributed by atoms with E-state index in [2.05, 4.69) is 10.1 Å². The Balaban J connectivity index is 0.000000144. The van der Waals surface area contributed by atoms with Crippen LogP contribution in [-0.4, -0.2) is 27.7 Å². The third-order valence-electron chi connectivity index (χ3n) is 1.92. The van der Waals surface area contributed by atoms with Crippen LogP contribution in [0.2, 0.25) is 0 Å². The maximum absolute atomic E-state index is 5.40. The predicted molar refractivity (Wildman–Crippen MR) is 65.7 cm³/mol. The molecule has 0 amide bonds. The molecule has 0 fully saturated rings. The summed E-state index contributed by atoms with van der Waals surface area (Å²) in [5, 5.41) is 5.08. The molecule has 1 aromatic heterocycles. The van der Waals surface area contributed by atoms with E-state index in [1.807, 2.05) is 29.8 Å². The van der Waals surface area contributed by atoms with Gasteiger partial charge in [0.25, 0.3) is 0 Å². The van der Waals surface area contributed by atoms with Gasteiger partial charge in [0.15, 0.2) is 0 Å². The summed E-state index contributed by atoms with van der Waals surface area (Å²) in [5.74, 6) is 6.59. The molecule has 1 aromatic carbocycles. The zero-order valence-corrected chi connectivity index (χ0v) is 9.02. The Labute approximate surface area is 92.1 Å². The Morgan fingerprint density at radius 1 is 1.33 bits per heavy atom. The van der Waals surface area contributed by atoms with Gasteiger partial charge in [-0.25, -0.2) is 0 Å². The van der Waals surface area contributed by atoms with Crippen LogP contribution in [0.1, 0.15) is 0 Å². The number of nitrogens with zero attached hydrogens (tertiary/aromatic N) is 3. The highest BCUT2D eigenvalue weighted by atomic mass is 32.2. The summed E-state index contributed by atoms with van der Waals surface area (Å²) in [6.07, 6.45) is 1.79. The molecule has 2 heterocycles. The van der Waals surface area contributed by atoms with Gasteiger partial charge in [0.05, 0.1) is 17.3 Å². The lowest BCUT2D eigenvalue weighted by Gasteiger charge is -1.80. The largest absolute Gasteiger partial charge is 0.323 e. The van der Waals surface area contributed by atoms with E-state index in [1.54, 1.807) is 18.0 Å². The molecule has 5 heteroatoms. The van der Waals surface area contributed by atoms with E-state index < -0.39 is 0 Å². The monoisotopic (exact) mass is 220 g/mol. The summed E-state index contributed by atoms with van der Waals surface area (Å²) in [7, 11) is 0. The van der Waals surface area contributed by atoms with Crippen molar-refractivity contribution < 1.29 is 0 Å². The molecule has 0 atom stereocenters. The van der Waals surface area contributed by atoms with Crippen LogP contribution in [0.15, 0.2) is 35.5 Å². The van der Waals surface area contributed by atoms with Crippen molar-refractivity contribution in [3.63, 3.8) is 0 Å². The molecular formula is C10H12N4S. The fourth-order valence-corrected chi connectivity index (χ4v) is 1.77. The van der Waals surface area contributed by atoms with Crippen LogP contribution >= 0.6 is 11.8 Å². The number of hydrogen-bond acceptors (Lipinski definition) is 4. The highest BCUT2D eigenvalue weighted by molar-refractivity contribution is 8.12. The minimum atomic E-state index is 0.935. The zero-order chi connectivity index (χ0) is 10.5. The van der Waals surface area contributed by atoms with Gasteiger partial charge < -0.3 is 5.84 Å². The lowest BCUT2D eigenvalue weighted by Crippen LogP contribution is -2.07. The molecule has 1 aliphatic rings. The molecule has 0 radical (unpaired) electrons. The molecule has 15 heavy (non-hydrogen) atoms. The Morgan fingerprint density at radius 2 is 2.20 bits per heavy atom. The van der Waals surface area contributed by atoms with Gasteiger partial charge in [-0.1, -0.05) is 18.2 Å². The molecule has 2 aromatic rings. The molecule has 3 rings (SSSR count). The van der Waals surface area contributed by atoms with Crippen molar-refractivity contribution in [2.75, 3.05) is 18.1 Å². The number of nitrogens with two attached hydrogens (primary N) is 1. The van der Waals surface area contributed by atoms with Gasteiger partial charge >= 0.3 is 0 Å². The van der Waals surface area contributed by atoms with Crippen molar-refractivity contribution in [1.29, 1.82) is 0 Å². The van der Waals surface area contributed by atoms with Crippen LogP contribution in [0.3, 0.4) is 0 Å². The normalized spacial score (nSPS) is 13.9. The quantitative estimate of drug-likeness (QED) is 0.685. The third-order valence-corrected chi connectivity index (χ3v) is 2.64. The highest BCUT2D eigenvalue weighted by Crippen LogP contribution is 2.08. The molecule has 0 saturated carbocycles. The number of aromatic nitrogens is 2. The molecule has 0 spiro atoms.